The van der Waals surface area contributed by atoms with Gasteiger partial charge in [0.15, 0.2) is 11.6 Å². The fourth-order valence-corrected chi connectivity index (χ4v) is 3.62. The number of halogens is 2. The molecule has 1 aromatic heterocycles. The zero-order valence-corrected chi connectivity index (χ0v) is 16.9. The molecule has 1 N–H and O–H groups in total. The molecule has 0 bridgehead atoms. The lowest BCUT2D eigenvalue weighted by molar-refractivity contribution is 0.208. The number of carbonyl (C=O) groups is 1. The average molecular weight is 417 g/mol. The minimum absolute atomic E-state index is 0.159. The summed E-state index contributed by atoms with van der Waals surface area (Å²) in [6.45, 7) is 5.95. The molecule has 2 aliphatic heterocycles. The van der Waals surface area contributed by atoms with Gasteiger partial charge in [-0.3, -0.25) is 0 Å². The molecular formula is C20H25F2N7O. The first-order valence-electron chi connectivity index (χ1n) is 10.0. The number of likely N-dealkylation sites (N-methyl/N-ethyl adjacent to an activating group) is 1. The van der Waals surface area contributed by atoms with E-state index in [1.165, 1.54) is 0 Å². The van der Waals surface area contributed by atoms with Crippen LogP contribution >= 0.6 is 0 Å². The highest BCUT2D eigenvalue weighted by Crippen LogP contribution is 2.19. The number of urea groups is 1. The fraction of sp³-hybridized carbons (Fsp3) is 0.450. The number of benzene rings is 1. The summed E-state index contributed by atoms with van der Waals surface area (Å²) in [4.78, 5) is 20.5. The normalized spacial score (nSPS) is 17.9. The summed E-state index contributed by atoms with van der Waals surface area (Å²) in [6, 6.07) is 6.47. The van der Waals surface area contributed by atoms with Crippen LogP contribution in [-0.2, 0) is 0 Å². The molecule has 1 aromatic carbocycles. The van der Waals surface area contributed by atoms with E-state index in [2.05, 4.69) is 37.3 Å². The summed E-state index contributed by atoms with van der Waals surface area (Å²) in [5.74, 6) is 0.375. The van der Waals surface area contributed by atoms with Crippen LogP contribution in [0.5, 0.6) is 0 Å². The summed E-state index contributed by atoms with van der Waals surface area (Å²) >= 11 is 0. The van der Waals surface area contributed by atoms with E-state index in [0.29, 0.717) is 26.2 Å². The Hall–Kier alpha value is -3.01. The number of anilines is 3. The Balaban J connectivity index is 1.31. The van der Waals surface area contributed by atoms with E-state index >= 15 is 0 Å². The van der Waals surface area contributed by atoms with Crippen LogP contribution in [-0.4, -0.2) is 85.4 Å². The first-order chi connectivity index (χ1) is 14.5. The van der Waals surface area contributed by atoms with Crippen LogP contribution in [0.25, 0.3) is 0 Å². The van der Waals surface area contributed by atoms with Crippen molar-refractivity contribution in [1.29, 1.82) is 0 Å². The van der Waals surface area contributed by atoms with Crippen molar-refractivity contribution in [3.63, 3.8) is 0 Å². The predicted octanol–water partition coefficient (Wildman–Crippen LogP) is 1.86. The van der Waals surface area contributed by atoms with Crippen LogP contribution in [0.3, 0.4) is 0 Å². The minimum Gasteiger partial charge on any atom is -0.353 e. The van der Waals surface area contributed by atoms with Crippen molar-refractivity contribution in [1.82, 2.24) is 20.0 Å². The van der Waals surface area contributed by atoms with Gasteiger partial charge in [0.05, 0.1) is 5.69 Å². The van der Waals surface area contributed by atoms with E-state index in [1.54, 1.807) is 4.90 Å². The maximum Gasteiger partial charge on any atom is 0.322 e. The topological polar surface area (TPSA) is 67.8 Å². The molecular weight excluding hydrogens is 392 g/mol. The second-order valence-electron chi connectivity index (χ2n) is 7.57. The standard InChI is InChI=1S/C20H25F2N7O/c1-26-6-8-27(9-7-26)18-4-5-19(25-24-18)28-10-12-29(13-11-28)20(30)23-17-14-15(21)2-3-16(17)22/h2-5,14H,6-13H2,1H3,(H,23,30). The van der Waals surface area contributed by atoms with Gasteiger partial charge in [-0.25, -0.2) is 13.6 Å². The van der Waals surface area contributed by atoms with Gasteiger partial charge in [0.25, 0.3) is 0 Å². The lowest BCUT2D eigenvalue weighted by Crippen LogP contribution is -2.50. The number of carbonyl (C=O) groups excluding carboxylic acids is 1. The average Bonchev–Trinajstić information content (AvgIpc) is 2.77. The Morgan fingerprint density at radius 1 is 0.867 bits per heavy atom. The molecule has 2 aromatic rings. The quantitative estimate of drug-likeness (QED) is 0.823. The lowest BCUT2D eigenvalue weighted by atomic mass is 10.3. The Bertz CT molecular complexity index is 879. The van der Waals surface area contributed by atoms with Crippen LogP contribution in [0.15, 0.2) is 30.3 Å². The number of rotatable bonds is 3. The molecule has 0 spiro atoms. The van der Waals surface area contributed by atoms with Gasteiger partial charge < -0.3 is 24.9 Å². The molecule has 30 heavy (non-hydrogen) atoms. The summed E-state index contributed by atoms with van der Waals surface area (Å²) in [6.07, 6.45) is 0. The number of hydrogen-bond acceptors (Lipinski definition) is 6. The van der Waals surface area contributed by atoms with Crippen molar-refractivity contribution < 1.29 is 13.6 Å². The van der Waals surface area contributed by atoms with Gasteiger partial charge in [-0.15, -0.1) is 10.2 Å². The highest BCUT2D eigenvalue weighted by Gasteiger charge is 2.23. The summed E-state index contributed by atoms with van der Waals surface area (Å²) in [7, 11) is 2.11. The van der Waals surface area contributed by atoms with Crippen molar-refractivity contribution in [2.24, 2.45) is 0 Å². The van der Waals surface area contributed by atoms with Crippen LogP contribution < -0.4 is 15.1 Å². The minimum atomic E-state index is -0.667. The van der Waals surface area contributed by atoms with Crippen LogP contribution in [0, 0.1) is 11.6 Å². The van der Waals surface area contributed by atoms with E-state index < -0.39 is 17.7 Å². The van der Waals surface area contributed by atoms with E-state index in [4.69, 9.17) is 0 Å². The smallest absolute Gasteiger partial charge is 0.322 e. The molecule has 2 fully saturated rings. The van der Waals surface area contributed by atoms with Gasteiger partial charge >= 0.3 is 6.03 Å². The van der Waals surface area contributed by atoms with Crippen LogP contribution in [0.4, 0.5) is 30.9 Å². The third-order valence-corrected chi connectivity index (χ3v) is 5.52. The number of nitrogens with one attached hydrogen (secondary N) is 1. The van der Waals surface area contributed by atoms with Gasteiger partial charge in [0.1, 0.15) is 11.6 Å². The van der Waals surface area contributed by atoms with E-state index in [9.17, 15) is 13.6 Å². The lowest BCUT2D eigenvalue weighted by Gasteiger charge is -2.35. The zero-order chi connectivity index (χ0) is 21.1. The van der Waals surface area contributed by atoms with E-state index in [-0.39, 0.29) is 5.69 Å². The maximum absolute atomic E-state index is 13.7. The van der Waals surface area contributed by atoms with Crippen molar-refractivity contribution in [2.45, 2.75) is 0 Å². The van der Waals surface area contributed by atoms with Gasteiger partial charge in [0.2, 0.25) is 0 Å². The second-order valence-corrected chi connectivity index (χ2v) is 7.57. The molecule has 0 aliphatic carbocycles. The molecule has 0 saturated carbocycles. The van der Waals surface area contributed by atoms with Crippen LogP contribution in [0.2, 0.25) is 0 Å². The molecule has 2 aliphatic rings. The third kappa shape index (κ3) is 4.59. The Morgan fingerprint density at radius 3 is 2.00 bits per heavy atom. The van der Waals surface area contributed by atoms with Crippen molar-refractivity contribution in [3.05, 3.63) is 42.0 Å². The predicted molar refractivity (Wildman–Crippen MR) is 111 cm³/mol. The van der Waals surface area contributed by atoms with Crippen molar-refractivity contribution >= 4 is 23.4 Å². The zero-order valence-electron chi connectivity index (χ0n) is 16.9. The highest BCUT2D eigenvalue weighted by molar-refractivity contribution is 5.89. The van der Waals surface area contributed by atoms with Gasteiger partial charge in [-0.2, -0.15) is 0 Å². The number of amides is 2. The SMILES string of the molecule is CN1CCN(c2ccc(N3CCN(C(=O)Nc4cc(F)ccc4F)CC3)nn2)CC1. The first-order valence-corrected chi connectivity index (χ1v) is 10.0. The largest absolute Gasteiger partial charge is 0.353 e. The fourth-order valence-electron chi connectivity index (χ4n) is 3.62. The molecule has 8 nitrogen and oxygen atoms in total. The molecule has 3 heterocycles. The number of nitrogens with zero attached hydrogens (tertiary/aromatic N) is 6. The molecule has 0 radical (unpaired) electrons. The molecule has 2 amide bonds. The third-order valence-electron chi connectivity index (χ3n) is 5.52. The van der Waals surface area contributed by atoms with E-state index in [1.807, 2.05) is 12.1 Å². The van der Waals surface area contributed by atoms with Gasteiger partial charge in [-0.05, 0) is 31.3 Å². The van der Waals surface area contributed by atoms with Gasteiger partial charge in [0, 0.05) is 58.4 Å². The Morgan fingerprint density at radius 2 is 1.43 bits per heavy atom. The molecule has 160 valence electrons. The molecule has 0 atom stereocenters. The monoisotopic (exact) mass is 417 g/mol. The summed E-state index contributed by atoms with van der Waals surface area (Å²) < 4.78 is 27.0. The van der Waals surface area contributed by atoms with Crippen molar-refractivity contribution in [3.8, 4) is 0 Å². The first kappa shape index (κ1) is 20.3. The summed E-state index contributed by atoms with van der Waals surface area (Å²) in [5.41, 5.74) is -0.159. The molecule has 2 saturated heterocycles. The molecule has 0 unspecified atom stereocenters. The number of hydrogen-bond donors (Lipinski definition) is 1. The number of aromatic nitrogens is 2. The van der Waals surface area contributed by atoms with Gasteiger partial charge in [-0.1, -0.05) is 0 Å². The Kier molecular flexibility index (Phi) is 5.93. The maximum atomic E-state index is 13.7. The number of piperazine rings is 2. The van der Waals surface area contributed by atoms with Crippen LogP contribution in [0.1, 0.15) is 0 Å². The second kappa shape index (κ2) is 8.78. The molecule has 4 rings (SSSR count). The summed E-state index contributed by atoms with van der Waals surface area (Å²) in [5, 5.41) is 11.2. The molecule has 10 heteroatoms. The highest BCUT2D eigenvalue weighted by atomic mass is 19.1. The Labute approximate surface area is 174 Å². The van der Waals surface area contributed by atoms with E-state index in [0.717, 1.165) is 56.0 Å². The van der Waals surface area contributed by atoms with Crippen molar-refractivity contribution in [2.75, 3.05) is 74.5 Å².